The molecule has 2 unspecified atom stereocenters. The number of rotatable bonds is 8. The van der Waals surface area contributed by atoms with Crippen molar-refractivity contribution in [2.45, 2.75) is 51.8 Å². The third kappa shape index (κ3) is 5.50. The standard InChI is InChI=1S/C31H33N3O2/c1-20(2)36-30-17-14-24(18-25(30)19-32)31(35-5)34-22(4)26-12-9-13-28-27(26)15-16-29(28)33-21(3)23-10-7-6-8-11-23/h6-14,17-18,20-21,29,33H,4,15-16H2,1-3,5H3. The Balaban J connectivity index is 1.58. The van der Waals surface area contributed by atoms with Gasteiger partial charge in [0.15, 0.2) is 0 Å². The first-order chi connectivity index (χ1) is 17.4. The molecule has 36 heavy (non-hydrogen) atoms. The van der Waals surface area contributed by atoms with Gasteiger partial charge in [0.25, 0.3) is 0 Å². The second-order valence-corrected chi connectivity index (χ2v) is 9.32. The fourth-order valence-corrected chi connectivity index (χ4v) is 4.76. The van der Waals surface area contributed by atoms with E-state index in [1.165, 1.54) is 16.7 Å². The van der Waals surface area contributed by atoms with Crippen LogP contribution in [0.1, 0.15) is 72.7 Å². The second kappa shape index (κ2) is 11.2. The predicted octanol–water partition coefficient (Wildman–Crippen LogP) is 6.75. The molecule has 4 rings (SSSR count). The molecule has 3 aromatic rings. The average molecular weight is 480 g/mol. The van der Waals surface area contributed by atoms with Gasteiger partial charge in [-0.1, -0.05) is 55.1 Å². The molecule has 5 heteroatoms. The first-order valence-corrected chi connectivity index (χ1v) is 12.4. The minimum absolute atomic E-state index is 0.0209. The normalized spacial score (nSPS) is 15.8. The van der Waals surface area contributed by atoms with Crippen molar-refractivity contribution in [2.75, 3.05) is 7.11 Å². The number of hydrogen-bond donors (Lipinski definition) is 1. The van der Waals surface area contributed by atoms with Crippen LogP contribution in [0.2, 0.25) is 0 Å². The van der Waals surface area contributed by atoms with Crippen LogP contribution in [0.4, 0.5) is 0 Å². The van der Waals surface area contributed by atoms with E-state index in [0.29, 0.717) is 28.5 Å². The number of fused-ring (bicyclic) bond motifs is 1. The Hall–Kier alpha value is -3.88. The molecule has 5 nitrogen and oxygen atoms in total. The van der Waals surface area contributed by atoms with Crippen LogP contribution in [0.5, 0.6) is 5.75 Å². The Morgan fingerprint density at radius 1 is 1.08 bits per heavy atom. The summed E-state index contributed by atoms with van der Waals surface area (Å²) in [6, 6.07) is 25.0. The molecular weight excluding hydrogens is 446 g/mol. The van der Waals surface area contributed by atoms with Gasteiger partial charge >= 0.3 is 0 Å². The summed E-state index contributed by atoms with van der Waals surface area (Å²) < 4.78 is 11.4. The lowest BCUT2D eigenvalue weighted by Gasteiger charge is -2.21. The lowest BCUT2D eigenvalue weighted by atomic mass is 9.99. The lowest BCUT2D eigenvalue weighted by Crippen LogP contribution is -2.23. The molecule has 0 radical (unpaired) electrons. The molecule has 0 saturated carbocycles. The predicted molar refractivity (Wildman–Crippen MR) is 145 cm³/mol. The molecule has 0 saturated heterocycles. The first-order valence-electron chi connectivity index (χ1n) is 12.4. The van der Waals surface area contributed by atoms with E-state index < -0.39 is 0 Å². The van der Waals surface area contributed by atoms with Gasteiger partial charge in [0, 0.05) is 23.2 Å². The van der Waals surface area contributed by atoms with Gasteiger partial charge in [-0.25, -0.2) is 4.99 Å². The van der Waals surface area contributed by atoms with E-state index >= 15 is 0 Å². The summed E-state index contributed by atoms with van der Waals surface area (Å²) in [6.45, 7) is 10.3. The number of methoxy groups -OCH3 is 1. The minimum atomic E-state index is -0.0209. The zero-order valence-corrected chi connectivity index (χ0v) is 21.4. The zero-order chi connectivity index (χ0) is 25.7. The Labute approximate surface area is 214 Å². The molecule has 0 aromatic heterocycles. The van der Waals surface area contributed by atoms with Gasteiger partial charge in [0.2, 0.25) is 5.90 Å². The first kappa shape index (κ1) is 25.2. The highest BCUT2D eigenvalue weighted by molar-refractivity contribution is 5.98. The number of hydrogen-bond acceptors (Lipinski definition) is 5. The van der Waals surface area contributed by atoms with Crippen LogP contribution in [0.25, 0.3) is 5.70 Å². The third-order valence-corrected chi connectivity index (χ3v) is 6.47. The van der Waals surface area contributed by atoms with Gasteiger partial charge in [-0.05, 0) is 68.5 Å². The third-order valence-electron chi connectivity index (χ3n) is 6.47. The van der Waals surface area contributed by atoms with Crippen molar-refractivity contribution in [1.82, 2.24) is 5.32 Å². The molecule has 2 atom stereocenters. The Morgan fingerprint density at radius 3 is 2.56 bits per heavy atom. The van der Waals surface area contributed by atoms with E-state index in [4.69, 9.17) is 14.5 Å². The van der Waals surface area contributed by atoms with Crippen molar-refractivity contribution in [3.05, 3.63) is 107 Å². The van der Waals surface area contributed by atoms with Crippen LogP contribution in [-0.4, -0.2) is 19.1 Å². The van der Waals surface area contributed by atoms with Gasteiger partial charge in [0.05, 0.1) is 24.5 Å². The topological polar surface area (TPSA) is 66.6 Å². The molecule has 0 bridgehead atoms. The van der Waals surface area contributed by atoms with Crippen LogP contribution in [-0.2, 0) is 11.2 Å². The summed E-state index contributed by atoms with van der Waals surface area (Å²) >= 11 is 0. The van der Waals surface area contributed by atoms with Crippen LogP contribution in [0.3, 0.4) is 0 Å². The van der Waals surface area contributed by atoms with E-state index in [2.05, 4.69) is 67.4 Å². The fraction of sp³-hybridized carbons (Fsp3) is 0.290. The monoisotopic (exact) mass is 479 g/mol. The maximum absolute atomic E-state index is 9.60. The fourth-order valence-electron chi connectivity index (χ4n) is 4.76. The number of nitrogens with zero attached hydrogens (tertiary/aromatic N) is 2. The molecular formula is C31H33N3O2. The summed E-state index contributed by atoms with van der Waals surface area (Å²) in [5, 5.41) is 13.4. The van der Waals surface area contributed by atoms with E-state index in [-0.39, 0.29) is 18.2 Å². The molecule has 0 heterocycles. The minimum Gasteiger partial charge on any atom is -0.490 e. The van der Waals surface area contributed by atoms with Crippen molar-refractivity contribution >= 4 is 11.6 Å². The highest BCUT2D eigenvalue weighted by Gasteiger charge is 2.26. The lowest BCUT2D eigenvalue weighted by molar-refractivity contribution is 0.241. The van der Waals surface area contributed by atoms with Crippen LogP contribution in [0, 0.1) is 11.3 Å². The summed E-state index contributed by atoms with van der Waals surface area (Å²) in [6.07, 6.45) is 1.97. The summed E-state index contributed by atoms with van der Waals surface area (Å²) in [4.78, 5) is 4.74. The Kier molecular flexibility index (Phi) is 7.87. The van der Waals surface area contributed by atoms with Crippen molar-refractivity contribution in [1.29, 1.82) is 5.26 Å². The zero-order valence-electron chi connectivity index (χ0n) is 21.4. The van der Waals surface area contributed by atoms with Gasteiger partial charge in [-0.15, -0.1) is 0 Å². The van der Waals surface area contributed by atoms with Crippen LogP contribution < -0.4 is 10.1 Å². The SMILES string of the molecule is C=C(N=C(OC)c1ccc(OC(C)C)c(C#N)c1)c1cccc2c1CCC2NC(C)c1ccccc1. The van der Waals surface area contributed by atoms with Gasteiger partial charge in [0.1, 0.15) is 11.8 Å². The maximum atomic E-state index is 9.60. The molecule has 184 valence electrons. The number of ether oxygens (including phenoxy) is 2. The van der Waals surface area contributed by atoms with E-state index in [1.54, 1.807) is 19.2 Å². The molecule has 0 spiro atoms. The molecule has 0 aliphatic heterocycles. The van der Waals surface area contributed by atoms with Crippen molar-refractivity contribution in [3.63, 3.8) is 0 Å². The molecule has 0 amide bonds. The number of aliphatic imine (C=N–C) groups is 1. The smallest absolute Gasteiger partial charge is 0.221 e. The second-order valence-electron chi connectivity index (χ2n) is 9.32. The van der Waals surface area contributed by atoms with Crippen molar-refractivity contribution in [2.24, 2.45) is 4.99 Å². The number of nitrogens with one attached hydrogen (secondary N) is 1. The highest BCUT2D eigenvalue weighted by atomic mass is 16.5. The quantitative estimate of drug-likeness (QED) is 0.287. The van der Waals surface area contributed by atoms with Gasteiger partial charge in [-0.2, -0.15) is 5.26 Å². The molecule has 1 N–H and O–H groups in total. The average Bonchev–Trinajstić information content (AvgIpc) is 3.30. The van der Waals surface area contributed by atoms with Crippen LogP contribution >= 0.6 is 0 Å². The van der Waals surface area contributed by atoms with E-state index in [0.717, 1.165) is 18.4 Å². The molecule has 1 aliphatic carbocycles. The maximum Gasteiger partial charge on any atom is 0.221 e. The van der Waals surface area contributed by atoms with Crippen molar-refractivity contribution < 1.29 is 9.47 Å². The van der Waals surface area contributed by atoms with E-state index in [1.807, 2.05) is 26.0 Å². The molecule has 1 aliphatic rings. The number of nitriles is 1. The molecule has 3 aromatic carbocycles. The van der Waals surface area contributed by atoms with Gasteiger partial charge < -0.3 is 14.8 Å². The van der Waals surface area contributed by atoms with Crippen LogP contribution in [0.15, 0.2) is 78.3 Å². The Morgan fingerprint density at radius 2 is 1.86 bits per heavy atom. The largest absolute Gasteiger partial charge is 0.490 e. The summed E-state index contributed by atoms with van der Waals surface area (Å²) in [7, 11) is 1.58. The highest BCUT2D eigenvalue weighted by Crippen LogP contribution is 2.37. The summed E-state index contributed by atoms with van der Waals surface area (Å²) in [5.74, 6) is 0.963. The van der Waals surface area contributed by atoms with E-state index in [9.17, 15) is 5.26 Å². The van der Waals surface area contributed by atoms with Gasteiger partial charge in [-0.3, -0.25) is 0 Å². The van der Waals surface area contributed by atoms with Crippen molar-refractivity contribution in [3.8, 4) is 11.8 Å². The number of benzene rings is 3. The Bertz CT molecular complexity index is 1310. The molecule has 0 fully saturated rings. The summed E-state index contributed by atoms with van der Waals surface area (Å²) in [5.41, 5.74) is 6.67.